The molecule has 3 N–H and O–H groups in total. The van der Waals surface area contributed by atoms with Crippen molar-refractivity contribution in [3.63, 3.8) is 0 Å². The molecule has 0 aliphatic heterocycles. The average molecular weight is 407 g/mol. The Hall–Kier alpha value is -2.86. The smallest absolute Gasteiger partial charge is 0.481 e. The molecule has 28 heavy (non-hydrogen) atoms. The fourth-order valence-corrected chi connectivity index (χ4v) is 1.91. The number of ketones is 1. The molecule has 0 saturated heterocycles. The summed E-state index contributed by atoms with van der Waals surface area (Å²) >= 11 is 0. The van der Waals surface area contributed by atoms with Gasteiger partial charge in [0.25, 0.3) is 0 Å². The van der Waals surface area contributed by atoms with Gasteiger partial charge < -0.3 is 9.84 Å². The van der Waals surface area contributed by atoms with Crippen molar-refractivity contribution < 1.29 is 33.8 Å². The van der Waals surface area contributed by atoms with Gasteiger partial charge in [-0.3, -0.25) is 4.79 Å². The minimum absolute atomic E-state index is 0.0245. The number of hydrogen-bond acceptors (Lipinski definition) is 4. The molecule has 0 heterocycles. The second kappa shape index (κ2) is 15.2. The maximum Gasteiger partial charge on any atom is 0.692 e. The minimum Gasteiger partial charge on any atom is -0.481 e. The number of ether oxygens (including phenoxy) is 1. The van der Waals surface area contributed by atoms with E-state index in [1.807, 2.05) is 43.3 Å². The maximum atomic E-state index is 11.7. The van der Waals surface area contributed by atoms with Crippen molar-refractivity contribution >= 4 is 26.1 Å². The first-order chi connectivity index (χ1) is 13.3. The van der Waals surface area contributed by atoms with Gasteiger partial charge in [0.2, 0.25) is 0 Å². The largest absolute Gasteiger partial charge is 0.692 e. The molecule has 150 valence electrons. The second-order valence-corrected chi connectivity index (χ2v) is 5.72. The summed E-state index contributed by atoms with van der Waals surface area (Å²) in [5, 5.41) is 8.50. The van der Waals surface area contributed by atoms with E-state index in [1.165, 1.54) is 5.56 Å². The van der Waals surface area contributed by atoms with E-state index in [1.54, 1.807) is 24.3 Å². The molecule has 0 unspecified atom stereocenters. The van der Waals surface area contributed by atoms with Crippen molar-refractivity contribution in [1.82, 2.24) is 0 Å². The van der Waals surface area contributed by atoms with E-state index >= 15 is 0 Å². The van der Waals surface area contributed by atoms with Gasteiger partial charge in [0.15, 0.2) is 12.4 Å². The highest BCUT2D eigenvalue weighted by Gasteiger charge is 2.11. The molecule has 0 bridgehead atoms. The predicted molar refractivity (Wildman–Crippen MR) is 107 cm³/mol. The number of carboxylic acid groups (broad SMARTS) is 1. The number of rotatable bonds is 7. The van der Waals surface area contributed by atoms with E-state index in [4.69, 9.17) is 24.2 Å². The molecule has 0 spiro atoms. The number of carbonyl (C=O) groups excluding carboxylic acids is 1. The molecule has 8 heteroatoms. The summed E-state index contributed by atoms with van der Waals surface area (Å²) in [6, 6.07) is 16.7. The number of benzene rings is 2. The van der Waals surface area contributed by atoms with Gasteiger partial charge in [-0.25, -0.2) is 4.79 Å². The molecule has 0 radical (unpaired) electrons. The lowest BCUT2D eigenvalue weighted by Gasteiger charge is -2.08. The van der Waals surface area contributed by atoms with Gasteiger partial charge in [-0.05, 0) is 24.1 Å². The van der Waals surface area contributed by atoms with Gasteiger partial charge >= 0.3 is 14.2 Å². The molecule has 0 fully saturated rings. The van der Waals surface area contributed by atoms with E-state index in [-0.39, 0.29) is 5.78 Å². The molecule has 0 saturated carbocycles. The normalized spacial score (nSPS) is 8.96. The van der Waals surface area contributed by atoms with Crippen LogP contribution in [0.2, 0.25) is 0 Å². The van der Waals surface area contributed by atoms with Crippen LogP contribution in [0.3, 0.4) is 0 Å². The number of para-hydroxylation sites is 1. The quantitative estimate of drug-likeness (QED) is 0.467. The van der Waals surface area contributed by atoms with Crippen LogP contribution in [0.5, 0.6) is 5.75 Å². The van der Waals surface area contributed by atoms with Crippen molar-refractivity contribution in [2.75, 3.05) is 6.61 Å². The SMILES string of the molecule is C=Cc1ccccc1.CCCC(=O)c1ccccc1OCC(=O)O.O=[P+](O)O. The van der Waals surface area contributed by atoms with E-state index < -0.39 is 20.8 Å². The van der Waals surface area contributed by atoms with E-state index in [2.05, 4.69) is 6.58 Å². The Labute approximate surface area is 164 Å². The number of carbonyl (C=O) groups is 2. The van der Waals surface area contributed by atoms with Crippen molar-refractivity contribution in [2.45, 2.75) is 19.8 Å². The summed E-state index contributed by atoms with van der Waals surface area (Å²) in [6.07, 6.45) is 3.03. The molecule has 0 aliphatic carbocycles. The van der Waals surface area contributed by atoms with Crippen LogP contribution < -0.4 is 4.74 Å². The third kappa shape index (κ3) is 12.5. The van der Waals surface area contributed by atoms with Crippen LogP contribution in [0.4, 0.5) is 0 Å². The standard InChI is InChI=1S/C12H14O4.C8H8.HO3P/c1-2-5-10(13)9-6-3-4-7-11(9)16-8-12(14)15;1-2-8-6-4-3-5-7-8;1-4(2)3/h3-4,6-7H,2,5,8H2,1H3,(H,14,15);2-7H,1H2;(H-,1,2,3)/p+1. The van der Waals surface area contributed by atoms with Crippen LogP contribution in [0.1, 0.15) is 35.7 Å². The number of Topliss-reactive ketones (excluding diaryl/α,β-unsaturated/α-hetero) is 1. The predicted octanol–water partition coefficient (Wildman–Crippen LogP) is 4.09. The lowest BCUT2D eigenvalue weighted by molar-refractivity contribution is -0.139. The third-order valence-corrected chi connectivity index (χ3v) is 3.05. The molecule has 0 amide bonds. The maximum absolute atomic E-state index is 11.7. The highest BCUT2D eigenvalue weighted by Crippen LogP contribution is 2.20. The fraction of sp³-hybridized carbons (Fsp3) is 0.200. The van der Waals surface area contributed by atoms with Crippen molar-refractivity contribution in [1.29, 1.82) is 0 Å². The van der Waals surface area contributed by atoms with Crippen LogP contribution in [0.15, 0.2) is 61.2 Å². The van der Waals surface area contributed by atoms with Crippen molar-refractivity contribution in [3.8, 4) is 5.75 Å². The van der Waals surface area contributed by atoms with Gasteiger partial charge in [0, 0.05) is 11.0 Å². The summed E-state index contributed by atoms with van der Waals surface area (Å²) < 4.78 is 13.7. The summed E-state index contributed by atoms with van der Waals surface area (Å²) in [7, 11) is -2.87. The fourth-order valence-electron chi connectivity index (χ4n) is 1.91. The monoisotopic (exact) mass is 407 g/mol. The van der Waals surface area contributed by atoms with Crippen LogP contribution in [-0.4, -0.2) is 33.3 Å². The Bertz CT molecular complexity index is 756. The molecule has 0 atom stereocenters. The first kappa shape index (κ1) is 25.1. The molecule has 7 nitrogen and oxygen atoms in total. The highest BCUT2D eigenvalue weighted by atomic mass is 31.1. The average Bonchev–Trinajstić information content (AvgIpc) is 2.67. The Morgan fingerprint density at radius 2 is 1.61 bits per heavy atom. The summed E-state index contributed by atoms with van der Waals surface area (Å²) in [4.78, 5) is 36.3. The summed E-state index contributed by atoms with van der Waals surface area (Å²) in [5.41, 5.74) is 1.62. The molecule has 2 aromatic rings. The first-order valence-electron chi connectivity index (χ1n) is 8.31. The number of carboxylic acids is 1. The van der Waals surface area contributed by atoms with Crippen molar-refractivity contribution in [2.24, 2.45) is 0 Å². The van der Waals surface area contributed by atoms with Gasteiger partial charge in [-0.15, -0.1) is 9.79 Å². The van der Waals surface area contributed by atoms with Gasteiger partial charge in [0.1, 0.15) is 5.75 Å². The molecule has 2 rings (SSSR count). The molecule has 2 aromatic carbocycles. The van der Waals surface area contributed by atoms with Crippen molar-refractivity contribution in [3.05, 3.63) is 72.3 Å². The first-order valence-corrected chi connectivity index (χ1v) is 9.47. The zero-order valence-corrected chi connectivity index (χ0v) is 16.4. The molecular formula is C20H24O7P+. The topological polar surface area (TPSA) is 121 Å². The number of aliphatic carboxylic acids is 1. The van der Waals surface area contributed by atoms with Crippen LogP contribution in [-0.2, 0) is 9.36 Å². The molecular weight excluding hydrogens is 383 g/mol. The lowest BCUT2D eigenvalue weighted by atomic mass is 10.1. The van der Waals surface area contributed by atoms with Gasteiger partial charge in [-0.2, -0.15) is 0 Å². The van der Waals surface area contributed by atoms with Crippen LogP contribution >= 0.6 is 8.25 Å². The highest BCUT2D eigenvalue weighted by molar-refractivity contribution is 7.30. The zero-order chi connectivity index (χ0) is 21.4. The third-order valence-electron chi connectivity index (χ3n) is 3.05. The van der Waals surface area contributed by atoms with Gasteiger partial charge in [-0.1, -0.05) is 62.0 Å². The lowest BCUT2D eigenvalue weighted by Crippen LogP contribution is -2.11. The van der Waals surface area contributed by atoms with Crippen LogP contribution in [0.25, 0.3) is 6.08 Å². The van der Waals surface area contributed by atoms with Crippen LogP contribution in [0, 0.1) is 0 Å². The molecule has 0 aromatic heterocycles. The Kier molecular flexibility index (Phi) is 13.7. The Morgan fingerprint density at radius 3 is 2.07 bits per heavy atom. The van der Waals surface area contributed by atoms with Gasteiger partial charge in [0.05, 0.1) is 5.56 Å². The summed E-state index contributed by atoms with van der Waals surface area (Å²) in [6.45, 7) is 5.11. The Balaban J connectivity index is 0.000000502. The minimum atomic E-state index is -2.87. The summed E-state index contributed by atoms with van der Waals surface area (Å²) in [5.74, 6) is -0.746. The number of hydrogen-bond donors (Lipinski definition) is 3. The second-order valence-electron chi connectivity index (χ2n) is 5.22. The van der Waals surface area contributed by atoms with E-state index in [0.29, 0.717) is 17.7 Å². The Morgan fingerprint density at radius 1 is 1.07 bits per heavy atom. The molecule has 0 aliphatic rings. The van der Waals surface area contributed by atoms with E-state index in [0.717, 1.165) is 6.42 Å². The zero-order valence-electron chi connectivity index (χ0n) is 15.5. The van der Waals surface area contributed by atoms with E-state index in [9.17, 15) is 9.59 Å².